The van der Waals surface area contributed by atoms with Gasteiger partial charge in [0.1, 0.15) is 11.6 Å². The van der Waals surface area contributed by atoms with E-state index in [9.17, 15) is 0 Å². The number of aromatic nitrogens is 3. The van der Waals surface area contributed by atoms with Crippen molar-refractivity contribution >= 4 is 0 Å². The maximum atomic E-state index is 5.41. The highest BCUT2D eigenvalue weighted by Gasteiger charge is 2.05. The Morgan fingerprint density at radius 3 is 2.73 bits per heavy atom. The summed E-state index contributed by atoms with van der Waals surface area (Å²) in [5, 5.41) is 11.4. The number of rotatable bonds is 6. The molecule has 5 heteroatoms. The van der Waals surface area contributed by atoms with E-state index in [-0.39, 0.29) is 6.10 Å². The Morgan fingerprint density at radius 1 is 1.47 bits per heavy atom. The average Bonchev–Trinajstić information content (AvgIpc) is 2.50. The summed E-state index contributed by atoms with van der Waals surface area (Å²) in [5.74, 6) is 1.89. The van der Waals surface area contributed by atoms with E-state index in [1.807, 2.05) is 25.5 Å². The molecule has 1 aromatic heterocycles. The quantitative estimate of drug-likeness (QED) is 0.752. The Labute approximate surface area is 90.8 Å². The summed E-state index contributed by atoms with van der Waals surface area (Å²) in [5.41, 5.74) is 0. The SMILES string of the molecule is CCOC(C)CNCc1nnc(C)n1C. The first-order chi connectivity index (χ1) is 7.15. The molecule has 0 amide bonds. The lowest BCUT2D eigenvalue weighted by Gasteiger charge is -2.12. The van der Waals surface area contributed by atoms with Crippen molar-refractivity contribution in [3.8, 4) is 0 Å². The third kappa shape index (κ3) is 3.60. The molecule has 0 saturated carbocycles. The lowest BCUT2D eigenvalue weighted by molar-refractivity contribution is 0.0757. The monoisotopic (exact) mass is 212 g/mol. The van der Waals surface area contributed by atoms with Crippen LogP contribution in [0.3, 0.4) is 0 Å². The van der Waals surface area contributed by atoms with E-state index in [4.69, 9.17) is 4.74 Å². The van der Waals surface area contributed by atoms with Gasteiger partial charge in [0.2, 0.25) is 0 Å². The first-order valence-electron chi connectivity index (χ1n) is 5.32. The number of ether oxygens (including phenoxy) is 1. The lowest BCUT2D eigenvalue weighted by Crippen LogP contribution is -2.27. The van der Waals surface area contributed by atoms with Crippen LogP contribution in [0.25, 0.3) is 0 Å². The maximum Gasteiger partial charge on any atom is 0.146 e. The van der Waals surface area contributed by atoms with Crippen LogP contribution in [0, 0.1) is 6.92 Å². The highest BCUT2D eigenvalue weighted by Crippen LogP contribution is 1.97. The molecule has 1 N–H and O–H groups in total. The van der Waals surface area contributed by atoms with Crippen LogP contribution in [0.1, 0.15) is 25.5 Å². The van der Waals surface area contributed by atoms with Crippen molar-refractivity contribution in [2.45, 2.75) is 33.4 Å². The van der Waals surface area contributed by atoms with Crippen molar-refractivity contribution in [1.82, 2.24) is 20.1 Å². The van der Waals surface area contributed by atoms with Crippen LogP contribution in [0.5, 0.6) is 0 Å². The summed E-state index contributed by atoms with van der Waals surface area (Å²) in [6.07, 6.45) is 0.240. The van der Waals surface area contributed by atoms with Crippen LogP contribution in [0.2, 0.25) is 0 Å². The lowest BCUT2D eigenvalue weighted by atomic mass is 10.4. The molecule has 1 unspecified atom stereocenters. The molecule has 1 rings (SSSR count). The molecular weight excluding hydrogens is 192 g/mol. The second kappa shape index (κ2) is 5.82. The fraction of sp³-hybridized carbons (Fsp3) is 0.800. The topological polar surface area (TPSA) is 52.0 Å². The zero-order chi connectivity index (χ0) is 11.3. The largest absolute Gasteiger partial charge is 0.377 e. The van der Waals surface area contributed by atoms with E-state index >= 15 is 0 Å². The minimum absolute atomic E-state index is 0.240. The summed E-state index contributed by atoms with van der Waals surface area (Å²) in [6, 6.07) is 0. The minimum Gasteiger partial charge on any atom is -0.377 e. The van der Waals surface area contributed by atoms with E-state index < -0.39 is 0 Å². The molecule has 0 aromatic carbocycles. The van der Waals surface area contributed by atoms with Gasteiger partial charge in [0.15, 0.2) is 0 Å². The number of hydrogen-bond donors (Lipinski definition) is 1. The number of hydrogen-bond acceptors (Lipinski definition) is 4. The molecule has 0 aliphatic rings. The Hall–Kier alpha value is -0.940. The van der Waals surface area contributed by atoms with Crippen LogP contribution in [0.15, 0.2) is 0 Å². The number of nitrogens with one attached hydrogen (secondary N) is 1. The fourth-order valence-electron chi connectivity index (χ4n) is 1.34. The van der Waals surface area contributed by atoms with Crippen LogP contribution in [-0.4, -0.2) is 34.0 Å². The molecule has 0 aliphatic carbocycles. The minimum atomic E-state index is 0.240. The van der Waals surface area contributed by atoms with Crippen molar-refractivity contribution < 1.29 is 4.74 Å². The summed E-state index contributed by atoms with van der Waals surface area (Å²) >= 11 is 0. The van der Waals surface area contributed by atoms with Crippen molar-refractivity contribution in [2.75, 3.05) is 13.2 Å². The van der Waals surface area contributed by atoms with Crippen molar-refractivity contribution in [3.63, 3.8) is 0 Å². The van der Waals surface area contributed by atoms with Crippen molar-refractivity contribution in [1.29, 1.82) is 0 Å². The summed E-state index contributed by atoms with van der Waals surface area (Å²) in [6.45, 7) is 8.32. The molecule has 0 spiro atoms. The molecule has 0 aliphatic heterocycles. The Bertz CT molecular complexity index is 298. The fourth-order valence-corrected chi connectivity index (χ4v) is 1.34. The molecule has 1 atom stereocenters. The van der Waals surface area contributed by atoms with Gasteiger partial charge >= 0.3 is 0 Å². The first-order valence-corrected chi connectivity index (χ1v) is 5.32. The second-order valence-electron chi connectivity index (χ2n) is 3.62. The summed E-state index contributed by atoms with van der Waals surface area (Å²) in [7, 11) is 1.97. The molecule has 0 bridgehead atoms. The van der Waals surface area contributed by atoms with Crippen molar-refractivity contribution in [3.05, 3.63) is 11.6 Å². The maximum absolute atomic E-state index is 5.41. The summed E-state index contributed by atoms with van der Waals surface area (Å²) in [4.78, 5) is 0. The van der Waals surface area contributed by atoms with Gasteiger partial charge in [-0.15, -0.1) is 10.2 Å². The average molecular weight is 212 g/mol. The van der Waals surface area contributed by atoms with Gasteiger partial charge in [0, 0.05) is 20.2 Å². The molecule has 0 fully saturated rings. The predicted octanol–water partition coefficient (Wildman–Crippen LogP) is 0.638. The molecule has 86 valence electrons. The molecule has 0 radical (unpaired) electrons. The standard InChI is InChI=1S/C10H20N4O/c1-5-15-8(2)6-11-7-10-13-12-9(3)14(10)4/h8,11H,5-7H2,1-4H3. The number of aryl methyl sites for hydroxylation is 1. The van der Waals surface area contributed by atoms with E-state index in [0.717, 1.165) is 31.3 Å². The Kier molecular flexibility index (Phi) is 4.71. The molecule has 15 heavy (non-hydrogen) atoms. The van der Waals surface area contributed by atoms with Gasteiger partial charge in [0.25, 0.3) is 0 Å². The molecular formula is C10H20N4O. The highest BCUT2D eigenvalue weighted by atomic mass is 16.5. The van der Waals surface area contributed by atoms with Crippen LogP contribution < -0.4 is 5.32 Å². The number of nitrogens with zero attached hydrogens (tertiary/aromatic N) is 3. The van der Waals surface area contributed by atoms with E-state index in [1.54, 1.807) is 0 Å². The van der Waals surface area contributed by atoms with Gasteiger partial charge in [-0.05, 0) is 20.8 Å². The van der Waals surface area contributed by atoms with Crippen LogP contribution in [-0.2, 0) is 18.3 Å². The molecule has 0 saturated heterocycles. The van der Waals surface area contributed by atoms with E-state index in [1.165, 1.54) is 0 Å². The second-order valence-corrected chi connectivity index (χ2v) is 3.62. The van der Waals surface area contributed by atoms with Gasteiger partial charge in [-0.2, -0.15) is 0 Å². The van der Waals surface area contributed by atoms with Crippen LogP contribution in [0.4, 0.5) is 0 Å². The third-order valence-electron chi connectivity index (χ3n) is 2.35. The zero-order valence-corrected chi connectivity index (χ0v) is 9.95. The first kappa shape index (κ1) is 12.1. The van der Waals surface area contributed by atoms with E-state index in [0.29, 0.717) is 0 Å². The molecule has 1 aromatic rings. The third-order valence-corrected chi connectivity index (χ3v) is 2.35. The van der Waals surface area contributed by atoms with Gasteiger partial charge in [-0.25, -0.2) is 0 Å². The van der Waals surface area contributed by atoms with E-state index in [2.05, 4.69) is 22.4 Å². The van der Waals surface area contributed by atoms with Gasteiger partial charge in [-0.3, -0.25) is 0 Å². The van der Waals surface area contributed by atoms with Gasteiger partial charge < -0.3 is 14.6 Å². The van der Waals surface area contributed by atoms with Crippen LogP contribution >= 0.6 is 0 Å². The normalized spacial score (nSPS) is 13.1. The summed E-state index contributed by atoms with van der Waals surface area (Å²) < 4.78 is 7.39. The van der Waals surface area contributed by atoms with Crippen molar-refractivity contribution in [2.24, 2.45) is 7.05 Å². The van der Waals surface area contributed by atoms with Gasteiger partial charge in [0.05, 0.1) is 12.6 Å². The Balaban J connectivity index is 2.29. The zero-order valence-electron chi connectivity index (χ0n) is 9.95. The molecule has 5 nitrogen and oxygen atoms in total. The smallest absolute Gasteiger partial charge is 0.146 e. The molecule has 1 heterocycles. The Morgan fingerprint density at radius 2 is 2.20 bits per heavy atom. The highest BCUT2D eigenvalue weighted by molar-refractivity contribution is 4.91. The van der Waals surface area contributed by atoms with Gasteiger partial charge in [-0.1, -0.05) is 0 Å². The predicted molar refractivity (Wildman–Crippen MR) is 58.5 cm³/mol.